The molecule has 0 radical (unpaired) electrons. The molecule has 2 N–H and O–H groups in total. The number of aromatic amines is 1. The lowest BCUT2D eigenvalue weighted by molar-refractivity contribution is 0.0227. The zero-order valence-corrected chi connectivity index (χ0v) is 10.1. The second-order valence-corrected chi connectivity index (χ2v) is 4.37. The number of halogens is 2. The lowest BCUT2D eigenvalue weighted by Crippen LogP contribution is -2.33. The van der Waals surface area contributed by atoms with Crippen LogP contribution in [0.25, 0.3) is 11.3 Å². The number of ether oxygens (including phenoxy) is 1. The van der Waals surface area contributed by atoms with Gasteiger partial charge in [-0.1, -0.05) is 0 Å². The van der Waals surface area contributed by atoms with E-state index in [2.05, 4.69) is 15.3 Å². The molecule has 1 atom stereocenters. The van der Waals surface area contributed by atoms with Crippen LogP contribution in [-0.4, -0.2) is 29.7 Å². The standard InChI is InChI=1S/C13H13F2N3O/c14-8-1-2-10(15)9(5-8)11-6-17-13(18-11)12-7-16-3-4-19-12/h1-2,5-6,12,16H,3-4,7H2,(H,17,18). The average molecular weight is 265 g/mol. The highest BCUT2D eigenvalue weighted by Gasteiger charge is 2.19. The summed E-state index contributed by atoms with van der Waals surface area (Å²) in [5, 5.41) is 3.18. The van der Waals surface area contributed by atoms with E-state index in [1.807, 2.05) is 0 Å². The fourth-order valence-corrected chi connectivity index (χ4v) is 2.08. The first kappa shape index (κ1) is 12.3. The van der Waals surface area contributed by atoms with Crippen molar-refractivity contribution in [2.45, 2.75) is 6.10 Å². The van der Waals surface area contributed by atoms with Crippen LogP contribution in [0.5, 0.6) is 0 Å². The number of imidazole rings is 1. The number of rotatable bonds is 2. The van der Waals surface area contributed by atoms with E-state index in [-0.39, 0.29) is 11.7 Å². The fourth-order valence-electron chi connectivity index (χ4n) is 2.08. The quantitative estimate of drug-likeness (QED) is 0.873. The average Bonchev–Trinajstić information content (AvgIpc) is 2.92. The molecular formula is C13H13F2N3O. The van der Waals surface area contributed by atoms with E-state index in [0.717, 1.165) is 24.7 Å². The number of nitrogens with one attached hydrogen (secondary N) is 2. The molecule has 2 aromatic rings. The third-order valence-corrected chi connectivity index (χ3v) is 3.05. The Hall–Kier alpha value is -1.79. The summed E-state index contributed by atoms with van der Waals surface area (Å²) in [7, 11) is 0. The monoisotopic (exact) mass is 265 g/mol. The summed E-state index contributed by atoms with van der Waals surface area (Å²) in [6.07, 6.45) is 1.31. The highest BCUT2D eigenvalue weighted by Crippen LogP contribution is 2.24. The summed E-state index contributed by atoms with van der Waals surface area (Å²) in [5.41, 5.74) is 0.615. The number of aromatic nitrogens is 2. The Morgan fingerprint density at radius 3 is 3.00 bits per heavy atom. The molecule has 0 spiro atoms. The lowest BCUT2D eigenvalue weighted by Gasteiger charge is -2.21. The maximum Gasteiger partial charge on any atom is 0.137 e. The summed E-state index contributed by atoms with van der Waals surface area (Å²) >= 11 is 0. The molecule has 1 unspecified atom stereocenters. The molecule has 1 aliphatic rings. The van der Waals surface area contributed by atoms with E-state index in [4.69, 9.17) is 4.74 Å². The van der Waals surface area contributed by atoms with Gasteiger partial charge in [0.2, 0.25) is 0 Å². The van der Waals surface area contributed by atoms with Gasteiger partial charge in [0, 0.05) is 18.7 Å². The van der Waals surface area contributed by atoms with Crippen LogP contribution in [0.2, 0.25) is 0 Å². The molecule has 0 amide bonds. The third-order valence-electron chi connectivity index (χ3n) is 3.05. The van der Waals surface area contributed by atoms with Crippen LogP contribution in [0.15, 0.2) is 24.4 Å². The zero-order valence-electron chi connectivity index (χ0n) is 10.1. The maximum atomic E-state index is 13.6. The van der Waals surface area contributed by atoms with Crippen molar-refractivity contribution in [3.8, 4) is 11.3 Å². The van der Waals surface area contributed by atoms with Gasteiger partial charge in [0.15, 0.2) is 0 Å². The van der Waals surface area contributed by atoms with Gasteiger partial charge in [0.25, 0.3) is 0 Å². The first-order valence-electron chi connectivity index (χ1n) is 6.06. The van der Waals surface area contributed by atoms with E-state index in [9.17, 15) is 8.78 Å². The van der Waals surface area contributed by atoms with Crippen molar-refractivity contribution >= 4 is 0 Å². The number of benzene rings is 1. The summed E-state index contributed by atoms with van der Waals surface area (Å²) in [6.45, 7) is 2.07. The molecule has 1 aromatic heterocycles. The Morgan fingerprint density at radius 1 is 1.32 bits per heavy atom. The molecule has 1 fully saturated rings. The smallest absolute Gasteiger partial charge is 0.137 e. The highest BCUT2D eigenvalue weighted by molar-refractivity contribution is 5.59. The first-order valence-corrected chi connectivity index (χ1v) is 6.06. The fraction of sp³-hybridized carbons (Fsp3) is 0.308. The molecule has 0 saturated carbocycles. The Labute approximate surface area is 108 Å². The van der Waals surface area contributed by atoms with Crippen molar-refractivity contribution in [3.05, 3.63) is 41.9 Å². The van der Waals surface area contributed by atoms with Crippen molar-refractivity contribution in [1.82, 2.24) is 15.3 Å². The van der Waals surface area contributed by atoms with Gasteiger partial charge in [-0.05, 0) is 18.2 Å². The van der Waals surface area contributed by atoms with Gasteiger partial charge in [-0.25, -0.2) is 13.8 Å². The predicted molar refractivity (Wildman–Crippen MR) is 65.5 cm³/mol. The molecule has 19 heavy (non-hydrogen) atoms. The number of nitrogens with zero attached hydrogens (tertiary/aromatic N) is 1. The molecule has 6 heteroatoms. The minimum atomic E-state index is -0.487. The molecule has 1 saturated heterocycles. The molecule has 100 valence electrons. The minimum Gasteiger partial charge on any atom is -0.368 e. The Kier molecular flexibility index (Phi) is 3.27. The molecule has 4 nitrogen and oxygen atoms in total. The van der Waals surface area contributed by atoms with Crippen molar-refractivity contribution in [1.29, 1.82) is 0 Å². The third kappa shape index (κ3) is 2.50. The van der Waals surface area contributed by atoms with E-state index in [0.29, 0.717) is 24.7 Å². The van der Waals surface area contributed by atoms with Crippen LogP contribution in [0, 0.1) is 11.6 Å². The number of hydrogen-bond acceptors (Lipinski definition) is 3. The van der Waals surface area contributed by atoms with E-state index >= 15 is 0 Å². The van der Waals surface area contributed by atoms with Gasteiger partial charge >= 0.3 is 0 Å². The molecular weight excluding hydrogens is 252 g/mol. The summed E-state index contributed by atoms with van der Waals surface area (Å²) < 4.78 is 32.4. The predicted octanol–water partition coefficient (Wildman–Crippen LogP) is 2.02. The second kappa shape index (κ2) is 5.07. The highest BCUT2D eigenvalue weighted by atomic mass is 19.1. The first-order chi connectivity index (χ1) is 9.24. The summed E-state index contributed by atoms with van der Waals surface area (Å²) in [4.78, 5) is 7.16. The van der Waals surface area contributed by atoms with Crippen molar-refractivity contribution in [3.63, 3.8) is 0 Å². The van der Waals surface area contributed by atoms with Gasteiger partial charge < -0.3 is 15.0 Å². The number of morpholine rings is 1. The van der Waals surface area contributed by atoms with Gasteiger partial charge in [-0.15, -0.1) is 0 Å². The molecule has 3 rings (SSSR count). The van der Waals surface area contributed by atoms with Crippen molar-refractivity contribution in [2.75, 3.05) is 19.7 Å². The van der Waals surface area contributed by atoms with E-state index in [1.54, 1.807) is 0 Å². The number of hydrogen-bond donors (Lipinski definition) is 2. The SMILES string of the molecule is Fc1ccc(F)c(-c2cnc(C3CNCCO3)[nH]2)c1. The maximum absolute atomic E-state index is 13.6. The van der Waals surface area contributed by atoms with Gasteiger partial charge in [-0.3, -0.25) is 0 Å². The second-order valence-electron chi connectivity index (χ2n) is 4.37. The summed E-state index contributed by atoms with van der Waals surface area (Å²) in [5.74, 6) is -0.353. The molecule has 0 bridgehead atoms. The Bertz CT molecular complexity index is 579. The normalized spacial score (nSPS) is 19.6. The zero-order chi connectivity index (χ0) is 13.2. The topological polar surface area (TPSA) is 49.9 Å². The Morgan fingerprint density at radius 2 is 2.21 bits per heavy atom. The molecule has 1 aromatic carbocycles. The molecule has 0 aliphatic carbocycles. The van der Waals surface area contributed by atoms with Gasteiger partial charge in [0.1, 0.15) is 23.6 Å². The molecule has 2 heterocycles. The number of H-pyrrole nitrogens is 1. The largest absolute Gasteiger partial charge is 0.368 e. The van der Waals surface area contributed by atoms with Crippen molar-refractivity contribution in [2.24, 2.45) is 0 Å². The minimum absolute atomic E-state index is 0.169. The van der Waals surface area contributed by atoms with Crippen LogP contribution < -0.4 is 5.32 Å². The Balaban J connectivity index is 1.89. The van der Waals surface area contributed by atoms with Crippen LogP contribution in [0.1, 0.15) is 11.9 Å². The molecule has 1 aliphatic heterocycles. The van der Waals surface area contributed by atoms with Crippen molar-refractivity contribution < 1.29 is 13.5 Å². The van der Waals surface area contributed by atoms with Crippen LogP contribution in [-0.2, 0) is 4.74 Å². The van der Waals surface area contributed by atoms with Gasteiger partial charge in [-0.2, -0.15) is 0 Å². The van der Waals surface area contributed by atoms with Gasteiger partial charge in [0.05, 0.1) is 18.5 Å². The lowest BCUT2D eigenvalue weighted by atomic mass is 10.1. The van der Waals surface area contributed by atoms with Crippen LogP contribution in [0.4, 0.5) is 8.78 Å². The van der Waals surface area contributed by atoms with Crippen LogP contribution in [0.3, 0.4) is 0 Å². The summed E-state index contributed by atoms with van der Waals surface area (Å²) in [6, 6.07) is 3.33. The van der Waals surface area contributed by atoms with E-state index in [1.165, 1.54) is 6.20 Å². The van der Waals surface area contributed by atoms with Crippen LogP contribution >= 0.6 is 0 Å². The van der Waals surface area contributed by atoms with E-state index < -0.39 is 11.6 Å².